The summed E-state index contributed by atoms with van der Waals surface area (Å²) < 4.78 is 0. The van der Waals surface area contributed by atoms with Gasteiger partial charge in [0.05, 0.1) is 6.61 Å². The monoisotopic (exact) mass is 335 g/mol. The zero-order chi connectivity index (χ0) is 15.3. The summed E-state index contributed by atoms with van der Waals surface area (Å²) in [6.45, 7) is 3.46. The van der Waals surface area contributed by atoms with Crippen LogP contribution in [-0.4, -0.2) is 66.2 Å². The van der Waals surface area contributed by atoms with Crippen molar-refractivity contribution in [3.8, 4) is 0 Å². The second-order valence-corrected chi connectivity index (χ2v) is 8.07. The van der Waals surface area contributed by atoms with Gasteiger partial charge in [0.25, 0.3) is 0 Å². The molecule has 124 valence electrons. The van der Waals surface area contributed by atoms with Gasteiger partial charge >= 0.3 is 0 Å². The van der Waals surface area contributed by atoms with Crippen LogP contribution in [0.4, 0.5) is 0 Å². The lowest BCUT2D eigenvalue weighted by Gasteiger charge is -2.20. The van der Waals surface area contributed by atoms with Crippen molar-refractivity contribution in [1.82, 2.24) is 10.2 Å². The van der Waals surface area contributed by atoms with Crippen LogP contribution in [0.15, 0.2) is 0 Å². The van der Waals surface area contributed by atoms with Crippen LogP contribution >= 0.6 is 21.6 Å². The Kier molecular flexibility index (Phi) is 11.4. The number of carbonyl (C=O) groups excluding carboxylic acids is 1. The van der Waals surface area contributed by atoms with E-state index in [4.69, 9.17) is 10.8 Å². The van der Waals surface area contributed by atoms with Gasteiger partial charge in [0.1, 0.15) is 0 Å². The molecule has 1 aliphatic rings. The first-order valence-electron chi connectivity index (χ1n) is 7.84. The number of hydrogen-bond acceptors (Lipinski definition) is 6. The number of rotatable bonds is 12. The van der Waals surface area contributed by atoms with Gasteiger partial charge in [0.2, 0.25) is 5.91 Å². The fraction of sp³-hybridized carbons (Fsp3) is 0.929. The van der Waals surface area contributed by atoms with Crippen molar-refractivity contribution in [1.29, 1.82) is 0 Å². The lowest BCUT2D eigenvalue weighted by molar-refractivity contribution is -0.121. The maximum absolute atomic E-state index is 11.7. The largest absolute Gasteiger partial charge is 0.395 e. The molecule has 1 aliphatic heterocycles. The van der Waals surface area contributed by atoms with E-state index in [9.17, 15) is 4.79 Å². The van der Waals surface area contributed by atoms with E-state index in [2.05, 4.69) is 10.2 Å². The van der Waals surface area contributed by atoms with E-state index >= 15 is 0 Å². The van der Waals surface area contributed by atoms with Crippen molar-refractivity contribution in [3.05, 3.63) is 0 Å². The van der Waals surface area contributed by atoms with Gasteiger partial charge in [-0.05, 0) is 19.3 Å². The maximum atomic E-state index is 11.7. The van der Waals surface area contributed by atoms with Crippen LogP contribution in [0.2, 0.25) is 0 Å². The Morgan fingerprint density at radius 1 is 1.33 bits per heavy atom. The van der Waals surface area contributed by atoms with E-state index in [1.165, 1.54) is 18.6 Å². The van der Waals surface area contributed by atoms with E-state index in [0.29, 0.717) is 26.1 Å². The highest BCUT2D eigenvalue weighted by molar-refractivity contribution is 8.77. The fourth-order valence-electron chi connectivity index (χ4n) is 2.32. The molecule has 1 atom stereocenters. The molecule has 7 heteroatoms. The molecule has 1 heterocycles. The summed E-state index contributed by atoms with van der Waals surface area (Å²) >= 11 is 0. The fourth-order valence-corrected chi connectivity index (χ4v) is 5.35. The van der Waals surface area contributed by atoms with Gasteiger partial charge in [-0.15, -0.1) is 0 Å². The molecule has 0 aromatic heterocycles. The summed E-state index contributed by atoms with van der Waals surface area (Å²) in [5, 5.41) is 12.7. The Morgan fingerprint density at radius 2 is 2.19 bits per heavy atom. The maximum Gasteiger partial charge on any atom is 0.220 e. The molecule has 0 bridgehead atoms. The van der Waals surface area contributed by atoms with E-state index in [-0.39, 0.29) is 12.5 Å². The van der Waals surface area contributed by atoms with Gasteiger partial charge < -0.3 is 16.2 Å². The number of amides is 1. The van der Waals surface area contributed by atoms with Gasteiger partial charge in [-0.3, -0.25) is 9.69 Å². The first kappa shape index (κ1) is 19.1. The van der Waals surface area contributed by atoms with Crippen LogP contribution in [0.1, 0.15) is 32.1 Å². The predicted octanol–water partition coefficient (Wildman–Crippen LogP) is 1.07. The molecule has 1 rings (SSSR count). The lowest BCUT2D eigenvalue weighted by atomic mass is 10.1. The SMILES string of the molecule is NCCN(CCO)CCNC(=O)CCCCC1CCSS1. The predicted molar refractivity (Wildman–Crippen MR) is 92.5 cm³/mol. The Hall–Kier alpha value is 0.0500. The third-order valence-electron chi connectivity index (χ3n) is 3.52. The van der Waals surface area contributed by atoms with Crippen molar-refractivity contribution < 1.29 is 9.90 Å². The van der Waals surface area contributed by atoms with Crippen molar-refractivity contribution in [3.63, 3.8) is 0 Å². The third-order valence-corrected chi connectivity index (χ3v) is 6.53. The molecule has 1 fully saturated rings. The molecule has 4 N–H and O–H groups in total. The van der Waals surface area contributed by atoms with Crippen LogP contribution < -0.4 is 11.1 Å². The number of nitrogens with two attached hydrogens (primary N) is 1. The summed E-state index contributed by atoms with van der Waals surface area (Å²) in [6, 6.07) is 0. The molecule has 1 saturated heterocycles. The van der Waals surface area contributed by atoms with Crippen LogP contribution in [0, 0.1) is 0 Å². The van der Waals surface area contributed by atoms with E-state index < -0.39 is 0 Å². The van der Waals surface area contributed by atoms with Gasteiger partial charge in [-0.2, -0.15) is 0 Å². The van der Waals surface area contributed by atoms with E-state index in [0.717, 1.165) is 31.2 Å². The summed E-state index contributed by atoms with van der Waals surface area (Å²) in [7, 11) is 3.98. The van der Waals surface area contributed by atoms with Gasteiger partial charge in [-0.25, -0.2) is 0 Å². The highest BCUT2D eigenvalue weighted by Crippen LogP contribution is 2.39. The molecule has 0 aromatic rings. The van der Waals surface area contributed by atoms with Crippen LogP contribution in [-0.2, 0) is 4.79 Å². The summed E-state index contributed by atoms with van der Waals surface area (Å²) in [4.78, 5) is 13.8. The normalized spacial score (nSPS) is 18.3. The minimum atomic E-state index is 0.130. The molecular weight excluding hydrogens is 306 g/mol. The molecule has 5 nitrogen and oxygen atoms in total. The smallest absolute Gasteiger partial charge is 0.220 e. The molecular formula is C14H29N3O2S2. The Bertz CT molecular complexity index is 271. The Labute approximate surface area is 136 Å². The summed E-state index contributed by atoms with van der Waals surface area (Å²) in [6.07, 6.45) is 5.32. The van der Waals surface area contributed by atoms with E-state index in [1.54, 1.807) is 0 Å². The van der Waals surface area contributed by atoms with Crippen LogP contribution in [0.5, 0.6) is 0 Å². The minimum absolute atomic E-state index is 0.130. The van der Waals surface area contributed by atoms with E-state index in [1.807, 2.05) is 21.6 Å². The Balaban J connectivity index is 1.97. The summed E-state index contributed by atoms with van der Waals surface area (Å²) in [5.41, 5.74) is 5.51. The molecule has 0 spiro atoms. The second kappa shape index (κ2) is 12.6. The molecule has 0 aliphatic carbocycles. The minimum Gasteiger partial charge on any atom is -0.395 e. The molecule has 0 saturated carbocycles. The highest BCUT2D eigenvalue weighted by Gasteiger charge is 2.15. The number of nitrogens with one attached hydrogen (secondary N) is 1. The van der Waals surface area contributed by atoms with Crippen molar-refractivity contribution >= 4 is 27.5 Å². The first-order valence-corrected chi connectivity index (χ1v) is 10.2. The zero-order valence-corrected chi connectivity index (χ0v) is 14.4. The van der Waals surface area contributed by atoms with Crippen LogP contribution in [0.25, 0.3) is 0 Å². The van der Waals surface area contributed by atoms with Gasteiger partial charge in [0, 0.05) is 50.1 Å². The summed E-state index contributed by atoms with van der Waals surface area (Å²) in [5.74, 6) is 1.42. The van der Waals surface area contributed by atoms with Crippen molar-refractivity contribution in [2.75, 3.05) is 45.1 Å². The second-order valence-electron chi connectivity index (χ2n) is 5.28. The quantitative estimate of drug-likeness (QED) is 0.366. The van der Waals surface area contributed by atoms with Crippen molar-refractivity contribution in [2.24, 2.45) is 5.73 Å². The average molecular weight is 336 g/mol. The van der Waals surface area contributed by atoms with Crippen molar-refractivity contribution in [2.45, 2.75) is 37.4 Å². The topological polar surface area (TPSA) is 78.6 Å². The number of unbranched alkanes of at least 4 members (excludes halogenated alkanes) is 1. The lowest BCUT2D eigenvalue weighted by Crippen LogP contribution is -2.38. The highest BCUT2D eigenvalue weighted by atomic mass is 33.1. The van der Waals surface area contributed by atoms with Crippen LogP contribution in [0.3, 0.4) is 0 Å². The average Bonchev–Trinajstić information content (AvgIpc) is 2.97. The molecule has 0 aromatic carbocycles. The number of aliphatic hydroxyl groups excluding tert-OH is 1. The first-order chi connectivity index (χ1) is 10.3. The number of aliphatic hydroxyl groups is 1. The number of hydrogen-bond donors (Lipinski definition) is 3. The Morgan fingerprint density at radius 3 is 2.86 bits per heavy atom. The van der Waals surface area contributed by atoms with Gasteiger partial charge in [0.15, 0.2) is 0 Å². The van der Waals surface area contributed by atoms with Gasteiger partial charge in [-0.1, -0.05) is 28.0 Å². The number of nitrogens with zero attached hydrogens (tertiary/aromatic N) is 1. The molecule has 0 radical (unpaired) electrons. The molecule has 21 heavy (non-hydrogen) atoms. The molecule has 1 unspecified atom stereocenters. The zero-order valence-electron chi connectivity index (χ0n) is 12.8. The standard InChI is InChI=1S/C14H29N3O2S2/c15-6-8-17(10-11-18)9-7-16-14(19)4-2-1-3-13-5-12-20-21-13/h13,18H,1-12,15H2,(H,16,19). The molecule has 1 amide bonds. The number of carbonyl (C=O) groups is 1. The third kappa shape index (κ3) is 9.63.